The number of hydrogen-bond acceptors (Lipinski definition) is 3. The van der Waals surface area contributed by atoms with E-state index < -0.39 is 0 Å². The van der Waals surface area contributed by atoms with Crippen LogP contribution in [-0.4, -0.2) is 9.97 Å². The number of benzene rings is 1. The van der Waals surface area contributed by atoms with Crippen molar-refractivity contribution in [3.05, 3.63) is 53.6 Å². The number of hydrogen-bond donors (Lipinski definition) is 1. The molecule has 3 nitrogen and oxygen atoms in total. The number of nitrogen functional groups attached to an aromatic ring is 1. The molecule has 3 heteroatoms. The smallest absolute Gasteiger partial charge is 0.132 e. The highest BCUT2D eigenvalue weighted by Crippen LogP contribution is 2.08. The standard InChI is InChI=1S/C13H15N3/c1-2-10-3-5-11(6-4-10)7-13-15-8-12(14)9-16-13/h3-6,8-9H,2,7,14H2,1H3. The highest BCUT2D eigenvalue weighted by atomic mass is 14.9. The summed E-state index contributed by atoms with van der Waals surface area (Å²) in [5, 5.41) is 0. The summed E-state index contributed by atoms with van der Waals surface area (Å²) in [6.07, 6.45) is 5.11. The lowest BCUT2D eigenvalue weighted by atomic mass is 10.1. The molecule has 82 valence electrons. The van der Waals surface area contributed by atoms with Gasteiger partial charge in [-0.2, -0.15) is 0 Å². The second-order valence-corrected chi connectivity index (χ2v) is 3.78. The molecule has 1 heterocycles. The highest BCUT2D eigenvalue weighted by molar-refractivity contribution is 5.31. The Hall–Kier alpha value is -1.90. The zero-order valence-corrected chi connectivity index (χ0v) is 9.35. The van der Waals surface area contributed by atoms with E-state index in [0.29, 0.717) is 5.69 Å². The summed E-state index contributed by atoms with van der Waals surface area (Å²) in [6.45, 7) is 2.15. The summed E-state index contributed by atoms with van der Waals surface area (Å²) in [6, 6.07) is 8.54. The summed E-state index contributed by atoms with van der Waals surface area (Å²) in [5.41, 5.74) is 8.71. The van der Waals surface area contributed by atoms with Gasteiger partial charge in [0.25, 0.3) is 0 Å². The van der Waals surface area contributed by atoms with E-state index in [1.807, 2.05) is 0 Å². The van der Waals surface area contributed by atoms with Crippen molar-refractivity contribution < 1.29 is 0 Å². The van der Waals surface area contributed by atoms with Gasteiger partial charge >= 0.3 is 0 Å². The maximum absolute atomic E-state index is 5.53. The molecule has 0 aliphatic rings. The molecule has 0 saturated carbocycles. The van der Waals surface area contributed by atoms with Crippen molar-refractivity contribution >= 4 is 5.69 Å². The molecule has 0 radical (unpaired) electrons. The van der Waals surface area contributed by atoms with E-state index in [0.717, 1.165) is 18.7 Å². The molecule has 0 bridgehead atoms. The minimum absolute atomic E-state index is 0.602. The third-order valence-electron chi connectivity index (χ3n) is 2.52. The zero-order chi connectivity index (χ0) is 11.4. The lowest BCUT2D eigenvalue weighted by Crippen LogP contribution is -1.97. The van der Waals surface area contributed by atoms with Crippen molar-refractivity contribution in [1.29, 1.82) is 0 Å². The number of nitrogens with zero attached hydrogens (tertiary/aromatic N) is 2. The number of aromatic nitrogens is 2. The molecule has 0 saturated heterocycles. The third-order valence-corrected chi connectivity index (χ3v) is 2.52. The Balaban J connectivity index is 2.11. The van der Waals surface area contributed by atoms with Gasteiger partial charge in [-0.15, -0.1) is 0 Å². The molecule has 1 aromatic heterocycles. The summed E-state index contributed by atoms with van der Waals surface area (Å²) < 4.78 is 0. The van der Waals surface area contributed by atoms with Crippen LogP contribution in [0.3, 0.4) is 0 Å². The molecule has 0 spiro atoms. The normalized spacial score (nSPS) is 10.3. The molecule has 0 atom stereocenters. The lowest BCUT2D eigenvalue weighted by molar-refractivity contribution is 0.968. The maximum Gasteiger partial charge on any atom is 0.132 e. The van der Waals surface area contributed by atoms with Crippen LogP contribution >= 0.6 is 0 Å². The van der Waals surface area contributed by atoms with Crippen LogP contribution in [-0.2, 0) is 12.8 Å². The number of rotatable bonds is 3. The summed E-state index contributed by atoms with van der Waals surface area (Å²) in [4.78, 5) is 8.36. The van der Waals surface area contributed by atoms with Crippen molar-refractivity contribution in [3.63, 3.8) is 0 Å². The minimum atomic E-state index is 0.602. The van der Waals surface area contributed by atoms with Crippen LogP contribution in [0.25, 0.3) is 0 Å². The summed E-state index contributed by atoms with van der Waals surface area (Å²) in [5.74, 6) is 0.804. The maximum atomic E-state index is 5.53. The Kier molecular flexibility index (Phi) is 3.15. The van der Waals surface area contributed by atoms with E-state index in [1.54, 1.807) is 12.4 Å². The van der Waals surface area contributed by atoms with Gasteiger partial charge in [0.05, 0.1) is 18.1 Å². The third kappa shape index (κ3) is 2.57. The average Bonchev–Trinajstić information content (AvgIpc) is 2.33. The monoisotopic (exact) mass is 213 g/mol. The predicted molar refractivity (Wildman–Crippen MR) is 65.1 cm³/mol. The molecular formula is C13H15N3. The summed E-state index contributed by atoms with van der Waals surface area (Å²) in [7, 11) is 0. The molecule has 16 heavy (non-hydrogen) atoms. The van der Waals surface area contributed by atoms with Gasteiger partial charge in [0.15, 0.2) is 0 Å². The Morgan fingerprint density at radius 1 is 1.00 bits per heavy atom. The molecule has 2 aromatic rings. The van der Waals surface area contributed by atoms with Gasteiger partial charge in [0, 0.05) is 6.42 Å². The Morgan fingerprint density at radius 2 is 1.56 bits per heavy atom. The first-order valence-corrected chi connectivity index (χ1v) is 5.42. The van der Waals surface area contributed by atoms with Crippen molar-refractivity contribution in [2.24, 2.45) is 0 Å². The van der Waals surface area contributed by atoms with Crippen LogP contribution in [0, 0.1) is 0 Å². The van der Waals surface area contributed by atoms with E-state index in [9.17, 15) is 0 Å². The minimum Gasteiger partial charge on any atom is -0.396 e. The van der Waals surface area contributed by atoms with Gasteiger partial charge in [0.2, 0.25) is 0 Å². The van der Waals surface area contributed by atoms with Gasteiger partial charge in [-0.05, 0) is 17.5 Å². The van der Waals surface area contributed by atoms with Crippen molar-refractivity contribution in [2.45, 2.75) is 19.8 Å². The Bertz CT molecular complexity index is 446. The lowest BCUT2D eigenvalue weighted by Gasteiger charge is -2.02. The van der Waals surface area contributed by atoms with Gasteiger partial charge < -0.3 is 5.73 Å². The Labute approximate surface area is 95.4 Å². The van der Waals surface area contributed by atoms with E-state index in [2.05, 4.69) is 41.2 Å². The Morgan fingerprint density at radius 3 is 2.12 bits per heavy atom. The highest BCUT2D eigenvalue weighted by Gasteiger charge is 1.99. The fraction of sp³-hybridized carbons (Fsp3) is 0.231. The van der Waals surface area contributed by atoms with Crippen LogP contribution in [0.4, 0.5) is 5.69 Å². The van der Waals surface area contributed by atoms with Gasteiger partial charge in [0.1, 0.15) is 5.82 Å². The number of aryl methyl sites for hydroxylation is 1. The van der Waals surface area contributed by atoms with Gasteiger partial charge in [-0.3, -0.25) is 0 Å². The average molecular weight is 213 g/mol. The van der Waals surface area contributed by atoms with Crippen molar-refractivity contribution in [3.8, 4) is 0 Å². The second-order valence-electron chi connectivity index (χ2n) is 3.78. The molecule has 0 amide bonds. The predicted octanol–water partition coefficient (Wildman–Crippen LogP) is 2.21. The molecule has 2 N–H and O–H groups in total. The molecule has 0 fully saturated rings. The van der Waals surface area contributed by atoms with Crippen LogP contribution in [0.1, 0.15) is 23.9 Å². The van der Waals surface area contributed by atoms with Crippen LogP contribution in [0.15, 0.2) is 36.7 Å². The van der Waals surface area contributed by atoms with E-state index in [4.69, 9.17) is 5.73 Å². The van der Waals surface area contributed by atoms with Crippen molar-refractivity contribution in [2.75, 3.05) is 5.73 Å². The van der Waals surface area contributed by atoms with E-state index in [-0.39, 0.29) is 0 Å². The fourth-order valence-electron chi connectivity index (χ4n) is 1.53. The zero-order valence-electron chi connectivity index (χ0n) is 9.35. The van der Waals surface area contributed by atoms with Crippen LogP contribution < -0.4 is 5.73 Å². The largest absolute Gasteiger partial charge is 0.396 e. The van der Waals surface area contributed by atoms with Crippen LogP contribution in [0.2, 0.25) is 0 Å². The topological polar surface area (TPSA) is 51.8 Å². The first-order valence-electron chi connectivity index (χ1n) is 5.42. The molecule has 0 aliphatic carbocycles. The van der Waals surface area contributed by atoms with Crippen molar-refractivity contribution in [1.82, 2.24) is 9.97 Å². The molecule has 1 aromatic carbocycles. The van der Waals surface area contributed by atoms with E-state index >= 15 is 0 Å². The van der Waals surface area contributed by atoms with Gasteiger partial charge in [-0.1, -0.05) is 31.2 Å². The molecule has 0 unspecified atom stereocenters. The SMILES string of the molecule is CCc1ccc(Cc2ncc(N)cn2)cc1. The molecular weight excluding hydrogens is 198 g/mol. The first kappa shape index (κ1) is 10.6. The summed E-state index contributed by atoms with van der Waals surface area (Å²) >= 11 is 0. The fourth-order valence-corrected chi connectivity index (χ4v) is 1.53. The molecule has 0 aliphatic heterocycles. The van der Waals surface area contributed by atoms with Crippen LogP contribution in [0.5, 0.6) is 0 Å². The number of anilines is 1. The number of nitrogens with two attached hydrogens (primary N) is 1. The van der Waals surface area contributed by atoms with Gasteiger partial charge in [-0.25, -0.2) is 9.97 Å². The second kappa shape index (κ2) is 4.75. The quantitative estimate of drug-likeness (QED) is 0.850. The molecule has 2 rings (SSSR count). The first-order chi connectivity index (χ1) is 7.78. The van der Waals surface area contributed by atoms with E-state index in [1.165, 1.54) is 11.1 Å².